The molecule has 1 aromatic rings. The molecule has 1 saturated heterocycles. The summed E-state index contributed by atoms with van der Waals surface area (Å²) < 4.78 is 5.48. The first-order chi connectivity index (χ1) is 8.07. The molecule has 0 aromatic carbocycles. The molecule has 0 spiro atoms. The fraction of sp³-hybridized carbons (Fsp3) is 0.500. The lowest BCUT2D eigenvalue weighted by atomic mass is 10.0. The quantitative estimate of drug-likeness (QED) is 0.765. The van der Waals surface area contributed by atoms with E-state index < -0.39 is 0 Å². The van der Waals surface area contributed by atoms with Crippen molar-refractivity contribution in [1.29, 1.82) is 0 Å². The molecule has 1 aliphatic rings. The Balaban J connectivity index is 1.81. The number of nitrogens with one attached hydrogen (secondary N) is 2. The second-order valence-corrected chi connectivity index (χ2v) is 4.44. The average molecular weight is 257 g/mol. The van der Waals surface area contributed by atoms with Gasteiger partial charge in [-0.15, -0.1) is 0 Å². The van der Waals surface area contributed by atoms with Crippen molar-refractivity contribution >= 4 is 23.3 Å². The molecule has 2 N–H and O–H groups in total. The summed E-state index contributed by atoms with van der Waals surface area (Å²) in [5.41, 5.74) is -0.235. The van der Waals surface area contributed by atoms with E-state index in [9.17, 15) is 4.79 Å². The number of nitrogens with zero attached hydrogens (tertiary/aromatic N) is 2. The summed E-state index contributed by atoms with van der Waals surface area (Å²) in [4.78, 5) is 19.1. The van der Waals surface area contributed by atoms with E-state index in [-0.39, 0.29) is 23.4 Å². The lowest BCUT2D eigenvalue weighted by Crippen LogP contribution is -2.59. The maximum Gasteiger partial charge on any atom is 0.251 e. The molecule has 0 atom stereocenters. The van der Waals surface area contributed by atoms with Gasteiger partial charge in [-0.2, -0.15) is 0 Å². The van der Waals surface area contributed by atoms with Crippen LogP contribution in [0.5, 0.6) is 0 Å². The van der Waals surface area contributed by atoms with Gasteiger partial charge in [-0.25, -0.2) is 9.97 Å². The van der Waals surface area contributed by atoms with E-state index in [4.69, 9.17) is 16.3 Å². The Labute approximate surface area is 104 Å². The SMILES string of the molecule is CC1(OCC(=O)Nc2ccnc(Cl)n2)CNC1. The number of anilines is 1. The topological polar surface area (TPSA) is 76.1 Å². The first-order valence-electron chi connectivity index (χ1n) is 5.20. The number of hydrogen-bond donors (Lipinski definition) is 2. The van der Waals surface area contributed by atoms with Crippen LogP contribution in [0.1, 0.15) is 6.92 Å². The summed E-state index contributed by atoms with van der Waals surface area (Å²) in [7, 11) is 0. The largest absolute Gasteiger partial charge is 0.363 e. The number of carbonyl (C=O) groups excluding carboxylic acids is 1. The second kappa shape index (κ2) is 4.95. The number of amides is 1. The molecular weight excluding hydrogens is 244 g/mol. The Hall–Kier alpha value is -1.24. The molecule has 17 heavy (non-hydrogen) atoms. The third kappa shape index (κ3) is 3.36. The fourth-order valence-corrected chi connectivity index (χ4v) is 1.55. The Kier molecular flexibility index (Phi) is 3.56. The summed E-state index contributed by atoms with van der Waals surface area (Å²) in [5, 5.41) is 5.77. The Morgan fingerprint density at radius 3 is 3.06 bits per heavy atom. The lowest BCUT2D eigenvalue weighted by molar-refractivity contribution is -0.130. The van der Waals surface area contributed by atoms with E-state index in [0.29, 0.717) is 5.82 Å². The molecule has 6 nitrogen and oxygen atoms in total. The van der Waals surface area contributed by atoms with Crippen LogP contribution in [0.2, 0.25) is 5.28 Å². The molecule has 0 radical (unpaired) electrons. The number of aromatic nitrogens is 2. The number of carbonyl (C=O) groups is 1. The molecule has 7 heteroatoms. The van der Waals surface area contributed by atoms with E-state index in [1.807, 2.05) is 6.92 Å². The zero-order valence-electron chi connectivity index (χ0n) is 9.36. The number of hydrogen-bond acceptors (Lipinski definition) is 5. The monoisotopic (exact) mass is 256 g/mol. The molecule has 1 fully saturated rings. The summed E-state index contributed by atoms with van der Waals surface area (Å²) in [6.07, 6.45) is 1.48. The first-order valence-corrected chi connectivity index (χ1v) is 5.58. The van der Waals surface area contributed by atoms with Crippen LogP contribution < -0.4 is 10.6 Å². The third-order valence-corrected chi connectivity index (χ3v) is 2.63. The molecular formula is C10H13ClN4O2. The van der Waals surface area contributed by atoms with E-state index in [0.717, 1.165) is 13.1 Å². The molecule has 2 rings (SSSR count). The van der Waals surface area contributed by atoms with Crippen molar-refractivity contribution < 1.29 is 9.53 Å². The van der Waals surface area contributed by atoms with E-state index >= 15 is 0 Å². The van der Waals surface area contributed by atoms with Gasteiger partial charge in [0.1, 0.15) is 12.4 Å². The van der Waals surface area contributed by atoms with Gasteiger partial charge >= 0.3 is 0 Å². The number of rotatable bonds is 4. The minimum Gasteiger partial charge on any atom is -0.363 e. The molecule has 1 amide bonds. The number of ether oxygens (including phenoxy) is 1. The summed E-state index contributed by atoms with van der Waals surface area (Å²) in [6, 6.07) is 1.57. The first kappa shape index (κ1) is 12.2. The van der Waals surface area contributed by atoms with Gasteiger partial charge in [-0.3, -0.25) is 4.79 Å². The van der Waals surface area contributed by atoms with Crippen molar-refractivity contribution in [2.45, 2.75) is 12.5 Å². The van der Waals surface area contributed by atoms with Gasteiger partial charge in [0.05, 0.1) is 5.60 Å². The van der Waals surface area contributed by atoms with Gasteiger partial charge in [0.2, 0.25) is 5.28 Å². The Morgan fingerprint density at radius 2 is 2.47 bits per heavy atom. The van der Waals surface area contributed by atoms with Crippen molar-refractivity contribution in [3.63, 3.8) is 0 Å². The molecule has 2 heterocycles. The lowest BCUT2D eigenvalue weighted by Gasteiger charge is -2.38. The normalized spacial score (nSPS) is 17.3. The van der Waals surface area contributed by atoms with Crippen LogP contribution in [0.25, 0.3) is 0 Å². The molecule has 0 bridgehead atoms. The summed E-state index contributed by atoms with van der Waals surface area (Å²) in [6.45, 7) is 3.48. The maximum absolute atomic E-state index is 11.6. The van der Waals surface area contributed by atoms with Crippen molar-refractivity contribution in [2.24, 2.45) is 0 Å². The Bertz CT molecular complexity index is 423. The standard InChI is InChI=1S/C10H13ClN4O2/c1-10(5-12-6-10)17-4-8(16)14-7-2-3-13-9(11)15-7/h2-3,12H,4-6H2,1H3,(H,13,14,15,16). The highest BCUT2D eigenvalue weighted by atomic mass is 35.5. The van der Waals surface area contributed by atoms with Gasteiger partial charge in [0, 0.05) is 19.3 Å². The van der Waals surface area contributed by atoms with Crippen molar-refractivity contribution in [3.05, 3.63) is 17.5 Å². The van der Waals surface area contributed by atoms with Crippen LogP contribution in [0.3, 0.4) is 0 Å². The van der Waals surface area contributed by atoms with Gasteiger partial charge in [0.15, 0.2) is 0 Å². The molecule has 92 valence electrons. The average Bonchev–Trinajstić information content (AvgIpc) is 2.24. The third-order valence-electron chi connectivity index (χ3n) is 2.44. The van der Waals surface area contributed by atoms with Gasteiger partial charge < -0.3 is 15.4 Å². The summed E-state index contributed by atoms with van der Waals surface area (Å²) >= 11 is 5.60. The molecule has 1 aliphatic heterocycles. The molecule has 0 unspecified atom stereocenters. The Morgan fingerprint density at radius 1 is 1.71 bits per heavy atom. The highest BCUT2D eigenvalue weighted by Crippen LogP contribution is 2.15. The zero-order valence-corrected chi connectivity index (χ0v) is 10.1. The molecule has 1 aromatic heterocycles. The molecule has 0 saturated carbocycles. The van der Waals surface area contributed by atoms with E-state index in [2.05, 4.69) is 20.6 Å². The minimum absolute atomic E-state index is 0.000197. The van der Waals surface area contributed by atoms with Crippen molar-refractivity contribution in [1.82, 2.24) is 15.3 Å². The van der Waals surface area contributed by atoms with Crippen LogP contribution in [0.15, 0.2) is 12.3 Å². The maximum atomic E-state index is 11.6. The van der Waals surface area contributed by atoms with Gasteiger partial charge in [-0.1, -0.05) is 0 Å². The highest BCUT2D eigenvalue weighted by Gasteiger charge is 2.32. The van der Waals surface area contributed by atoms with E-state index in [1.165, 1.54) is 6.20 Å². The zero-order chi connectivity index (χ0) is 12.3. The highest BCUT2D eigenvalue weighted by molar-refractivity contribution is 6.28. The minimum atomic E-state index is -0.257. The van der Waals surface area contributed by atoms with Crippen LogP contribution >= 0.6 is 11.6 Å². The summed E-state index contributed by atoms with van der Waals surface area (Å²) in [5.74, 6) is 0.114. The van der Waals surface area contributed by atoms with Gasteiger partial charge in [-0.05, 0) is 24.6 Å². The van der Waals surface area contributed by atoms with Crippen LogP contribution in [-0.2, 0) is 9.53 Å². The van der Waals surface area contributed by atoms with Crippen LogP contribution in [-0.4, -0.2) is 41.2 Å². The number of halogens is 1. The van der Waals surface area contributed by atoms with E-state index in [1.54, 1.807) is 6.07 Å². The predicted molar refractivity (Wildman–Crippen MR) is 62.9 cm³/mol. The second-order valence-electron chi connectivity index (χ2n) is 4.10. The molecule has 0 aliphatic carbocycles. The predicted octanol–water partition coefficient (Wildman–Crippen LogP) is 0.447. The smallest absolute Gasteiger partial charge is 0.251 e. The van der Waals surface area contributed by atoms with Crippen LogP contribution in [0, 0.1) is 0 Å². The van der Waals surface area contributed by atoms with Gasteiger partial charge in [0.25, 0.3) is 5.91 Å². The van der Waals surface area contributed by atoms with Crippen molar-refractivity contribution in [3.8, 4) is 0 Å². The van der Waals surface area contributed by atoms with Crippen molar-refractivity contribution in [2.75, 3.05) is 25.0 Å². The van der Waals surface area contributed by atoms with Crippen LogP contribution in [0.4, 0.5) is 5.82 Å². The fourth-order valence-electron chi connectivity index (χ4n) is 1.40.